The average molecular weight is 417 g/mol. The lowest BCUT2D eigenvalue weighted by Gasteiger charge is -2.35. The summed E-state index contributed by atoms with van der Waals surface area (Å²) in [5, 5.41) is 6.85. The van der Waals surface area contributed by atoms with Crippen molar-refractivity contribution in [3.05, 3.63) is 30.1 Å². The van der Waals surface area contributed by atoms with Crippen molar-refractivity contribution in [1.29, 1.82) is 0 Å². The van der Waals surface area contributed by atoms with Crippen molar-refractivity contribution in [3.8, 4) is 0 Å². The average Bonchev–Trinajstić information content (AvgIpc) is 2.53. The monoisotopic (exact) mass is 417 g/mol. The number of nitrogens with zero attached hydrogens (tertiary/aromatic N) is 3. The van der Waals surface area contributed by atoms with Crippen LogP contribution in [0.1, 0.15) is 32.4 Å². The minimum atomic E-state index is 0. The predicted octanol–water partition coefficient (Wildman–Crippen LogP) is 2.24. The van der Waals surface area contributed by atoms with E-state index in [0.717, 1.165) is 24.7 Å². The molecule has 5 nitrogen and oxygen atoms in total. The third-order valence-corrected chi connectivity index (χ3v) is 3.99. The van der Waals surface area contributed by atoms with Crippen LogP contribution in [0.25, 0.3) is 0 Å². The van der Waals surface area contributed by atoms with Gasteiger partial charge in [-0.25, -0.2) is 0 Å². The Morgan fingerprint density at radius 3 is 2.64 bits per heavy atom. The lowest BCUT2D eigenvalue weighted by molar-refractivity contribution is 0.167. The van der Waals surface area contributed by atoms with Gasteiger partial charge in [0.25, 0.3) is 0 Å². The maximum absolute atomic E-state index is 4.31. The Morgan fingerprint density at radius 2 is 2.09 bits per heavy atom. The molecule has 1 aliphatic rings. The summed E-state index contributed by atoms with van der Waals surface area (Å²) in [7, 11) is 1.82. The van der Waals surface area contributed by atoms with E-state index in [2.05, 4.69) is 39.4 Å². The second-order valence-corrected chi connectivity index (χ2v) is 5.80. The minimum absolute atomic E-state index is 0. The number of hydrogen-bond donors (Lipinski definition) is 2. The number of aliphatic imine (C=N–C) groups is 1. The van der Waals surface area contributed by atoms with Crippen LogP contribution in [0.5, 0.6) is 0 Å². The molecule has 0 amide bonds. The first-order valence-electron chi connectivity index (χ1n) is 7.80. The lowest BCUT2D eigenvalue weighted by atomic mass is 10.0. The molecule has 1 saturated heterocycles. The van der Waals surface area contributed by atoms with Crippen LogP contribution < -0.4 is 10.6 Å². The van der Waals surface area contributed by atoms with Gasteiger partial charge in [-0.3, -0.25) is 9.98 Å². The highest BCUT2D eigenvalue weighted by Gasteiger charge is 2.21. The summed E-state index contributed by atoms with van der Waals surface area (Å²) in [4.78, 5) is 11.1. The molecule has 0 saturated carbocycles. The van der Waals surface area contributed by atoms with Crippen LogP contribution >= 0.6 is 24.0 Å². The highest BCUT2D eigenvalue weighted by atomic mass is 127. The number of piperidine rings is 1. The summed E-state index contributed by atoms with van der Waals surface area (Å²) in [6, 6.07) is 7.10. The van der Waals surface area contributed by atoms with Gasteiger partial charge in [-0.2, -0.15) is 0 Å². The summed E-state index contributed by atoms with van der Waals surface area (Å²) in [5.74, 6) is 0.864. The van der Waals surface area contributed by atoms with E-state index in [0.29, 0.717) is 18.6 Å². The Balaban J connectivity index is 0.00000242. The largest absolute Gasteiger partial charge is 0.354 e. The lowest BCUT2D eigenvalue weighted by Crippen LogP contribution is -2.49. The summed E-state index contributed by atoms with van der Waals surface area (Å²) < 4.78 is 0. The van der Waals surface area contributed by atoms with Gasteiger partial charge in [0.15, 0.2) is 5.96 Å². The zero-order chi connectivity index (χ0) is 15.1. The van der Waals surface area contributed by atoms with Gasteiger partial charge in [-0.15, -0.1) is 24.0 Å². The molecule has 1 aromatic rings. The summed E-state index contributed by atoms with van der Waals surface area (Å²) in [5.41, 5.74) is 1.02. The Labute approximate surface area is 151 Å². The Hall–Kier alpha value is -0.890. The number of halogens is 1. The third-order valence-electron chi connectivity index (χ3n) is 3.99. The van der Waals surface area contributed by atoms with Crippen LogP contribution in [-0.2, 0) is 6.54 Å². The van der Waals surface area contributed by atoms with Crippen LogP contribution in [0.4, 0.5) is 0 Å². The smallest absolute Gasteiger partial charge is 0.191 e. The topological polar surface area (TPSA) is 52.6 Å². The number of likely N-dealkylation sites (tertiary alicyclic amines) is 1. The molecule has 22 heavy (non-hydrogen) atoms. The molecule has 2 heterocycles. The van der Waals surface area contributed by atoms with Crippen molar-refractivity contribution in [2.24, 2.45) is 4.99 Å². The van der Waals surface area contributed by atoms with Crippen LogP contribution in [0.15, 0.2) is 29.4 Å². The van der Waals surface area contributed by atoms with Gasteiger partial charge >= 0.3 is 0 Å². The molecule has 0 radical (unpaired) electrons. The Bertz CT molecular complexity index is 441. The fraction of sp³-hybridized carbons (Fsp3) is 0.625. The zero-order valence-corrected chi connectivity index (χ0v) is 16.1. The van der Waals surface area contributed by atoms with Gasteiger partial charge in [-0.1, -0.05) is 6.07 Å². The van der Waals surface area contributed by atoms with Gasteiger partial charge in [-0.05, 0) is 38.8 Å². The van der Waals surface area contributed by atoms with E-state index in [1.807, 2.05) is 31.4 Å². The van der Waals surface area contributed by atoms with Crippen LogP contribution in [-0.4, -0.2) is 48.1 Å². The van der Waals surface area contributed by atoms with Gasteiger partial charge in [0, 0.05) is 38.4 Å². The molecule has 124 valence electrons. The van der Waals surface area contributed by atoms with E-state index in [9.17, 15) is 0 Å². The van der Waals surface area contributed by atoms with Gasteiger partial charge in [0.05, 0.1) is 12.2 Å². The number of hydrogen-bond acceptors (Lipinski definition) is 3. The predicted molar refractivity (Wildman–Crippen MR) is 103 cm³/mol. The molecule has 2 N–H and O–H groups in total. The van der Waals surface area contributed by atoms with Crippen molar-refractivity contribution in [3.63, 3.8) is 0 Å². The van der Waals surface area contributed by atoms with E-state index < -0.39 is 0 Å². The van der Waals surface area contributed by atoms with Crippen molar-refractivity contribution in [1.82, 2.24) is 20.5 Å². The molecule has 1 aliphatic heterocycles. The molecule has 1 aromatic heterocycles. The third kappa shape index (κ3) is 6.08. The quantitative estimate of drug-likeness (QED) is 0.448. The van der Waals surface area contributed by atoms with Gasteiger partial charge in [0.2, 0.25) is 0 Å². The summed E-state index contributed by atoms with van der Waals surface area (Å²) in [6.45, 7) is 7.55. The molecule has 0 spiro atoms. The highest BCUT2D eigenvalue weighted by Crippen LogP contribution is 2.12. The van der Waals surface area contributed by atoms with Crippen LogP contribution in [0.2, 0.25) is 0 Å². The molecule has 0 unspecified atom stereocenters. The van der Waals surface area contributed by atoms with Crippen molar-refractivity contribution in [2.45, 2.75) is 45.3 Å². The highest BCUT2D eigenvalue weighted by molar-refractivity contribution is 14.0. The van der Waals surface area contributed by atoms with E-state index in [1.54, 1.807) is 0 Å². The standard InChI is InChI=1S/C16H27N5.HI/c1-13(2)21-10-7-14(8-11-21)20-16(17-3)19-12-15-6-4-5-9-18-15;/h4-6,9,13-14H,7-8,10-12H2,1-3H3,(H2,17,19,20);1H. The van der Waals surface area contributed by atoms with E-state index in [-0.39, 0.29) is 24.0 Å². The van der Waals surface area contributed by atoms with E-state index >= 15 is 0 Å². The second-order valence-electron chi connectivity index (χ2n) is 5.80. The first kappa shape index (κ1) is 19.2. The van der Waals surface area contributed by atoms with Gasteiger partial charge in [0.1, 0.15) is 0 Å². The normalized spacial score (nSPS) is 17.2. The summed E-state index contributed by atoms with van der Waals surface area (Å²) in [6.07, 6.45) is 4.15. The fourth-order valence-electron chi connectivity index (χ4n) is 2.63. The number of guanidine groups is 1. The van der Waals surface area contributed by atoms with E-state index in [1.165, 1.54) is 12.8 Å². The SMILES string of the molecule is CN=C(NCc1ccccn1)NC1CCN(C(C)C)CC1.I. The zero-order valence-electron chi connectivity index (χ0n) is 13.7. The maximum Gasteiger partial charge on any atom is 0.191 e. The first-order valence-corrected chi connectivity index (χ1v) is 7.80. The first-order chi connectivity index (χ1) is 10.2. The van der Waals surface area contributed by atoms with Crippen LogP contribution in [0, 0.1) is 0 Å². The number of aromatic nitrogens is 1. The van der Waals surface area contributed by atoms with Crippen molar-refractivity contribution in [2.75, 3.05) is 20.1 Å². The van der Waals surface area contributed by atoms with Crippen LogP contribution in [0.3, 0.4) is 0 Å². The molecule has 2 rings (SSSR count). The molecule has 1 fully saturated rings. The second kappa shape index (κ2) is 9.99. The molecule has 0 aliphatic carbocycles. The van der Waals surface area contributed by atoms with Crippen molar-refractivity contribution < 1.29 is 0 Å². The fourth-order valence-corrected chi connectivity index (χ4v) is 2.63. The Morgan fingerprint density at radius 1 is 1.36 bits per heavy atom. The molecular weight excluding hydrogens is 389 g/mol. The molecule has 0 aromatic carbocycles. The van der Waals surface area contributed by atoms with Crippen molar-refractivity contribution >= 4 is 29.9 Å². The summed E-state index contributed by atoms with van der Waals surface area (Å²) >= 11 is 0. The number of rotatable bonds is 4. The molecule has 6 heteroatoms. The number of nitrogens with one attached hydrogen (secondary N) is 2. The molecule has 0 bridgehead atoms. The molecule has 0 atom stereocenters. The number of pyridine rings is 1. The van der Waals surface area contributed by atoms with E-state index in [4.69, 9.17) is 0 Å². The van der Waals surface area contributed by atoms with Gasteiger partial charge < -0.3 is 15.5 Å². The molecular formula is C16H28IN5. The Kier molecular flexibility index (Phi) is 8.70. The minimum Gasteiger partial charge on any atom is -0.354 e. The maximum atomic E-state index is 4.31.